The lowest BCUT2D eigenvalue weighted by atomic mass is 9.89. The van der Waals surface area contributed by atoms with Crippen LogP contribution in [0.15, 0.2) is 60.7 Å². The molecule has 0 aliphatic carbocycles. The third-order valence-electron chi connectivity index (χ3n) is 4.61. The average Bonchev–Trinajstić information content (AvgIpc) is 2.69. The van der Waals surface area contributed by atoms with Crippen molar-refractivity contribution in [3.05, 3.63) is 71.8 Å². The fraction of sp³-hybridized carbons (Fsp3) is 0.333. The van der Waals surface area contributed by atoms with Crippen LogP contribution in [0.2, 0.25) is 0 Å². The second kappa shape index (κ2) is 8.58. The van der Waals surface area contributed by atoms with Crippen molar-refractivity contribution in [3.63, 3.8) is 0 Å². The first-order chi connectivity index (χ1) is 12.2. The molecule has 3 rings (SSSR count). The van der Waals surface area contributed by atoms with Crippen molar-refractivity contribution in [2.45, 2.75) is 19.4 Å². The van der Waals surface area contributed by atoms with Gasteiger partial charge in [0.1, 0.15) is 6.61 Å². The molecular weight excluding hydrogens is 314 g/mol. The SMILES string of the molecule is O=C(c1ccccc1)C1CCN(C(=O)COCc2ccccc2)CC1. The second-order valence-electron chi connectivity index (χ2n) is 6.36. The zero-order valence-electron chi connectivity index (χ0n) is 14.3. The van der Waals surface area contributed by atoms with Gasteiger partial charge < -0.3 is 9.64 Å². The van der Waals surface area contributed by atoms with E-state index in [1.165, 1.54) is 0 Å². The summed E-state index contributed by atoms with van der Waals surface area (Å²) in [5, 5.41) is 0. The number of likely N-dealkylation sites (tertiary alicyclic amines) is 1. The van der Waals surface area contributed by atoms with Crippen LogP contribution in [0.3, 0.4) is 0 Å². The number of benzene rings is 2. The molecule has 1 saturated heterocycles. The summed E-state index contributed by atoms with van der Waals surface area (Å²) < 4.78 is 5.52. The van der Waals surface area contributed by atoms with Gasteiger partial charge in [0.2, 0.25) is 5.91 Å². The Morgan fingerprint density at radius 2 is 1.52 bits per heavy atom. The second-order valence-corrected chi connectivity index (χ2v) is 6.36. The zero-order valence-corrected chi connectivity index (χ0v) is 14.3. The number of amides is 1. The summed E-state index contributed by atoms with van der Waals surface area (Å²) in [4.78, 5) is 26.5. The van der Waals surface area contributed by atoms with Gasteiger partial charge in [0.05, 0.1) is 6.61 Å². The minimum Gasteiger partial charge on any atom is -0.367 e. The topological polar surface area (TPSA) is 46.6 Å². The Bertz CT molecular complexity index is 692. The van der Waals surface area contributed by atoms with Crippen molar-refractivity contribution in [3.8, 4) is 0 Å². The van der Waals surface area contributed by atoms with Crippen molar-refractivity contribution in [1.82, 2.24) is 4.90 Å². The first-order valence-electron chi connectivity index (χ1n) is 8.73. The first-order valence-corrected chi connectivity index (χ1v) is 8.73. The van der Waals surface area contributed by atoms with E-state index in [0.29, 0.717) is 19.7 Å². The highest BCUT2D eigenvalue weighted by Gasteiger charge is 2.27. The molecule has 4 heteroatoms. The van der Waals surface area contributed by atoms with Gasteiger partial charge in [0.25, 0.3) is 0 Å². The van der Waals surface area contributed by atoms with E-state index in [-0.39, 0.29) is 24.2 Å². The van der Waals surface area contributed by atoms with Crippen LogP contribution in [0, 0.1) is 5.92 Å². The number of hydrogen-bond acceptors (Lipinski definition) is 3. The zero-order chi connectivity index (χ0) is 17.5. The van der Waals surface area contributed by atoms with Gasteiger partial charge in [-0.2, -0.15) is 0 Å². The maximum absolute atomic E-state index is 12.5. The Labute approximate surface area is 148 Å². The molecule has 0 unspecified atom stereocenters. The summed E-state index contributed by atoms with van der Waals surface area (Å²) in [6, 6.07) is 19.2. The molecule has 0 aromatic heterocycles. The molecule has 2 aromatic rings. The van der Waals surface area contributed by atoms with Gasteiger partial charge in [-0.15, -0.1) is 0 Å². The number of ketones is 1. The maximum Gasteiger partial charge on any atom is 0.248 e. The molecule has 0 N–H and O–H groups in total. The molecular formula is C21H23NO3. The smallest absolute Gasteiger partial charge is 0.248 e. The van der Waals surface area contributed by atoms with Gasteiger partial charge >= 0.3 is 0 Å². The first kappa shape index (κ1) is 17.4. The summed E-state index contributed by atoms with van der Waals surface area (Å²) >= 11 is 0. The monoisotopic (exact) mass is 337 g/mol. The molecule has 1 amide bonds. The maximum atomic E-state index is 12.5. The third-order valence-corrected chi connectivity index (χ3v) is 4.61. The van der Waals surface area contributed by atoms with Crippen LogP contribution in [-0.2, 0) is 16.1 Å². The summed E-state index contributed by atoms with van der Waals surface area (Å²) in [6.07, 6.45) is 1.44. The lowest BCUT2D eigenvalue weighted by Gasteiger charge is -2.31. The predicted molar refractivity (Wildman–Crippen MR) is 96.2 cm³/mol. The van der Waals surface area contributed by atoms with Gasteiger partial charge in [0, 0.05) is 24.6 Å². The van der Waals surface area contributed by atoms with Crippen LogP contribution in [-0.4, -0.2) is 36.3 Å². The Kier molecular flexibility index (Phi) is 5.96. The lowest BCUT2D eigenvalue weighted by molar-refractivity contribution is -0.137. The molecule has 0 spiro atoms. The van der Waals surface area contributed by atoms with E-state index in [2.05, 4.69) is 0 Å². The quantitative estimate of drug-likeness (QED) is 0.760. The summed E-state index contributed by atoms with van der Waals surface area (Å²) in [6.45, 7) is 1.77. The third kappa shape index (κ3) is 4.77. The molecule has 1 aliphatic rings. The number of carbonyl (C=O) groups excluding carboxylic acids is 2. The highest BCUT2D eigenvalue weighted by atomic mass is 16.5. The number of Topliss-reactive ketones (excluding diaryl/α,β-unsaturated/α-hetero) is 1. The molecule has 1 fully saturated rings. The Morgan fingerprint density at radius 3 is 2.16 bits per heavy atom. The highest BCUT2D eigenvalue weighted by molar-refractivity contribution is 5.98. The number of ether oxygens (including phenoxy) is 1. The number of piperidine rings is 1. The van der Waals surface area contributed by atoms with E-state index in [9.17, 15) is 9.59 Å². The number of hydrogen-bond donors (Lipinski definition) is 0. The van der Waals surface area contributed by atoms with Crippen LogP contribution in [0.25, 0.3) is 0 Å². The van der Waals surface area contributed by atoms with Crippen molar-refractivity contribution >= 4 is 11.7 Å². The van der Waals surface area contributed by atoms with Crippen LogP contribution in [0.5, 0.6) is 0 Å². The molecule has 2 aromatic carbocycles. The normalized spacial score (nSPS) is 15.1. The molecule has 130 valence electrons. The molecule has 0 radical (unpaired) electrons. The highest BCUT2D eigenvalue weighted by Crippen LogP contribution is 2.22. The van der Waals surface area contributed by atoms with Crippen LogP contribution < -0.4 is 0 Å². The summed E-state index contributed by atoms with van der Waals surface area (Å²) in [5.41, 5.74) is 1.82. The fourth-order valence-corrected chi connectivity index (χ4v) is 3.15. The van der Waals surface area contributed by atoms with Crippen molar-refractivity contribution < 1.29 is 14.3 Å². The number of nitrogens with zero attached hydrogens (tertiary/aromatic N) is 1. The minimum absolute atomic E-state index is 0.00143. The van der Waals surface area contributed by atoms with Crippen LogP contribution >= 0.6 is 0 Å². The van der Waals surface area contributed by atoms with Gasteiger partial charge in [-0.3, -0.25) is 9.59 Å². The molecule has 0 bridgehead atoms. The lowest BCUT2D eigenvalue weighted by Crippen LogP contribution is -2.41. The van der Waals surface area contributed by atoms with Crippen LogP contribution in [0.4, 0.5) is 0 Å². The molecule has 25 heavy (non-hydrogen) atoms. The van der Waals surface area contributed by atoms with Crippen molar-refractivity contribution in [2.24, 2.45) is 5.92 Å². The van der Waals surface area contributed by atoms with Crippen molar-refractivity contribution in [1.29, 1.82) is 0 Å². The van der Waals surface area contributed by atoms with Gasteiger partial charge in [0.15, 0.2) is 5.78 Å². The molecule has 1 heterocycles. The van der Waals surface area contributed by atoms with E-state index in [0.717, 1.165) is 24.0 Å². The largest absolute Gasteiger partial charge is 0.367 e. The summed E-state index contributed by atoms with van der Waals surface area (Å²) in [7, 11) is 0. The molecule has 0 saturated carbocycles. The average molecular weight is 337 g/mol. The Morgan fingerprint density at radius 1 is 0.920 bits per heavy atom. The summed E-state index contributed by atoms with van der Waals surface area (Å²) in [5.74, 6) is 0.200. The minimum atomic E-state index is 0.00143. The van der Waals surface area contributed by atoms with E-state index in [1.807, 2.05) is 60.7 Å². The molecule has 4 nitrogen and oxygen atoms in total. The van der Waals surface area contributed by atoms with E-state index < -0.39 is 0 Å². The van der Waals surface area contributed by atoms with Gasteiger partial charge in [-0.1, -0.05) is 60.7 Å². The van der Waals surface area contributed by atoms with E-state index in [4.69, 9.17) is 4.74 Å². The number of carbonyl (C=O) groups is 2. The van der Waals surface area contributed by atoms with E-state index in [1.54, 1.807) is 4.90 Å². The number of rotatable bonds is 6. The standard InChI is InChI=1S/C21H23NO3/c23-20(16-25-15-17-7-3-1-4-8-17)22-13-11-19(12-14-22)21(24)18-9-5-2-6-10-18/h1-10,19H,11-16H2. The van der Waals surface area contributed by atoms with E-state index >= 15 is 0 Å². The van der Waals surface area contributed by atoms with Gasteiger partial charge in [-0.25, -0.2) is 0 Å². The van der Waals surface area contributed by atoms with Gasteiger partial charge in [-0.05, 0) is 18.4 Å². The molecule has 0 atom stereocenters. The fourth-order valence-electron chi connectivity index (χ4n) is 3.15. The molecule has 1 aliphatic heterocycles. The van der Waals surface area contributed by atoms with Crippen LogP contribution in [0.1, 0.15) is 28.8 Å². The Hall–Kier alpha value is -2.46. The predicted octanol–water partition coefficient (Wildman–Crippen LogP) is 3.32. The Balaban J connectivity index is 1.42. The van der Waals surface area contributed by atoms with Crippen molar-refractivity contribution in [2.75, 3.05) is 19.7 Å².